The largest absolute Gasteiger partial charge is 0.324 e. The van der Waals surface area contributed by atoms with E-state index in [1.807, 2.05) is 19.1 Å². The van der Waals surface area contributed by atoms with Crippen molar-refractivity contribution in [2.24, 2.45) is 5.73 Å². The molecule has 0 aromatic heterocycles. The molecule has 0 aliphatic rings. The first-order valence-corrected chi connectivity index (χ1v) is 4.52. The number of halogens is 1. The molecule has 0 saturated heterocycles. The predicted molar refractivity (Wildman–Crippen MR) is 53.4 cm³/mol. The fraction of sp³-hybridized carbons (Fsp3) is 0.300. The van der Waals surface area contributed by atoms with Gasteiger partial charge in [-0.2, -0.15) is 5.26 Å². The summed E-state index contributed by atoms with van der Waals surface area (Å²) in [5, 5.41) is 9.20. The molecule has 0 amide bonds. The zero-order chi connectivity index (χ0) is 9.84. The number of hydrogen-bond donors (Lipinski definition) is 1. The van der Waals surface area contributed by atoms with Gasteiger partial charge in [-0.05, 0) is 24.1 Å². The van der Waals surface area contributed by atoms with E-state index in [2.05, 4.69) is 0 Å². The zero-order valence-corrected chi connectivity index (χ0v) is 8.17. The average Bonchev–Trinajstić information content (AvgIpc) is 2.17. The van der Waals surface area contributed by atoms with E-state index in [-0.39, 0.29) is 6.04 Å². The molecule has 2 N–H and O–H groups in total. The Hall–Kier alpha value is -1.04. The average molecular weight is 195 g/mol. The molecule has 3 heteroatoms. The van der Waals surface area contributed by atoms with Gasteiger partial charge in [0.15, 0.2) is 0 Å². The van der Waals surface area contributed by atoms with Crippen molar-refractivity contribution in [1.82, 2.24) is 0 Å². The third-order valence-electron chi connectivity index (χ3n) is 1.98. The highest BCUT2D eigenvalue weighted by atomic mass is 35.5. The smallest absolute Gasteiger partial charge is 0.101 e. The predicted octanol–water partition coefficient (Wildman–Crippen LogP) is 2.62. The highest BCUT2D eigenvalue weighted by Gasteiger charge is 2.06. The van der Waals surface area contributed by atoms with Crippen LogP contribution in [0, 0.1) is 11.3 Å². The summed E-state index contributed by atoms with van der Waals surface area (Å²) in [5.74, 6) is 0. The lowest BCUT2D eigenvalue weighted by Gasteiger charge is -2.09. The third kappa shape index (κ3) is 2.21. The van der Waals surface area contributed by atoms with Crippen LogP contribution >= 0.6 is 11.6 Å². The molecule has 2 nitrogen and oxygen atoms in total. The summed E-state index contributed by atoms with van der Waals surface area (Å²) in [6.45, 7) is 2.01. The molecular formula is C10H11ClN2. The van der Waals surface area contributed by atoms with Crippen LogP contribution in [0.4, 0.5) is 0 Å². The van der Waals surface area contributed by atoms with Crippen LogP contribution < -0.4 is 5.73 Å². The van der Waals surface area contributed by atoms with Crippen LogP contribution in [0.25, 0.3) is 0 Å². The Balaban J connectivity index is 3.08. The van der Waals surface area contributed by atoms with Crippen LogP contribution in [0.2, 0.25) is 5.02 Å². The fourth-order valence-corrected chi connectivity index (χ4v) is 1.25. The zero-order valence-electron chi connectivity index (χ0n) is 7.42. The second-order valence-electron chi connectivity index (χ2n) is 2.87. The molecule has 1 rings (SSSR count). The maximum atomic E-state index is 8.72. The van der Waals surface area contributed by atoms with Gasteiger partial charge in [0.25, 0.3) is 0 Å². The van der Waals surface area contributed by atoms with Crippen molar-refractivity contribution >= 4 is 11.6 Å². The second kappa shape index (κ2) is 4.27. The lowest BCUT2D eigenvalue weighted by molar-refractivity contribution is 0.698. The molecule has 13 heavy (non-hydrogen) atoms. The van der Waals surface area contributed by atoms with Crippen molar-refractivity contribution in [2.45, 2.75) is 19.4 Å². The summed E-state index contributed by atoms with van der Waals surface area (Å²) in [4.78, 5) is 0. The summed E-state index contributed by atoms with van der Waals surface area (Å²) in [7, 11) is 0. The van der Waals surface area contributed by atoms with E-state index in [0.29, 0.717) is 10.6 Å². The Morgan fingerprint density at radius 1 is 1.62 bits per heavy atom. The first kappa shape index (κ1) is 10.0. The van der Waals surface area contributed by atoms with Gasteiger partial charge < -0.3 is 5.73 Å². The van der Waals surface area contributed by atoms with Gasteiger partial charge in [-0.25, -0.2) is 0 Å². The van der Waals surface area contributed by atoms with Crippen LogP contribution in [-0.4, -0.2) is 0 Å². The first-order chi connectivity index (χ1) is 6.19. The van der Waals surface area contributed by atoms with Gasteiger partial charge in [-0.15, -0.1) is 0 Å². The van der Waals surface area contributed by atoms with Crippen molar-refractivity contribution in [2.75, 3.05) is 0 Å². The van der Waals surface area contributed by atoms with Crippen LogP contribution in [0.3, 0.4) is 0 Å². The van der Waals surface area contributed by atoms with E-state index in [1.54, 1.807) is 12.1 Å². The maximum absolute atomic E-state index is 8.72. The Morgan fingerprint density at radius 3 is 2.85 bits per heavy atom. The normalized spacial score (nSPS) is 12.2. The van der Waals surface area contributed by atoms with E-state index in [9.17, 15) is 0 Å². The second-order valence-corrected chi connectivity index (χ2v) is 3.27. The standard InChI is InChI=1S/C10H11ClN2/c1-2-10(13)7-3-4-9(11)8(5-7)6-12/h3-5,10H,2,13H2,1H3. The molecule has 0 aliphatic carbocycles. The number of nitrogens with two attached hydrogens (primary N) is 1. The first-order valence-electron chi connectivity index (χ1n) is 4.14. The van der Waals surface area contributed by atoms with Gasteiger partial charge in [0.2, 0.25) is 0 Å². The molecule has 0 heterocycles. The van der Waals surface area contributed by atoms with E-state index in [4.69, 9.17) is 22.6 Å². The van der Waals surface area contributed by atoms with Crippen molar-refractivity contribution in [3.05, 3.63) is 34.3 Å². The SMILES string of the molecule is CCC(N)c1ccc(Cl)c(C#N)c1. The topological polar surface area (TPSA) is 49.8 Å². The van der Waals surface area contributed by atoms with Crippen molar-refractivity contribution < 1.29 is 0 Å². The molecule has 1 aromatic carbocycles. The van der Waals surface area contributed by atoms with Gasteiger partial charge >= 0.3 is 0 Å². The minimum Gasteiger partial charge on any atom is -0.324 e. The van der Waals surface area contributed by atoms with Gasteiger partial charge in [-0.1, -0.05) is 24.6 Å². The Bertz CT molecular complexity index is 341. The van der Waals surface area contributed by atoms with Crippen molar-refractivity contribution in [1.29, 1.82) is 5.26 Å². The van der Waals surface area contributed by atoms with Crippen LogP contribution in [0.15, 0.2) is 18.2 Å². The van der Waals surface area contributed by atoms with Crippen molar-refractivity contribution in [3.63, 3.8) is 0 Å². The van der Waals surface area contributed by atoms with Crippen molar-refractivity contribution in [3.8, 4) is 6.07 Å². The monoisotopic (exact) mass is 194 g/mol. The van der Waals surface area contributed by atoms with Gasteiger partial charge in [0.05, 0.1) is 10.6 Å². The molecule has 68 valence electrons. The molecular weight excluding hydrogens is 184 g/mol. The maximum Gasteiger partial charge on any atom is 0.101 e. The summed E-state index contributed by atoms with van der Waals surface area (Å²) >= 11 is 5.78. The van der Waals surface area contributed by atoms with E-state index >= 15 is 0 Å². The molecule has 0 aliphatic heterocycles. The lowest BCUT2D eigenvalue weighted by atomic mass is 10.0. The number of nitriles is 1. The van der Waals surface area contributed by atoms with E-state index < -0.39 is 0 Å². The highest BCUT2D eigenvalue weighted by Crippen LogP contribution is 2.21. The van der Waals surface area contributed by atoms with E-state index in [0.717, 1.165) is 12.0 Å². The number of nitrogens with zero attached hydrogens (tertiary/aromatic N) is 1. The van der Waals surface area contributed by atoms with Crippen LogP contribution in [0.5, 0.6) is 0 Å². The third-order valence-corrected chi connectivity index (χ3v) is 2.31. The molecule has 1 unspecified atom stereocenters. The highest BCUT2D eigenvalue weighted by molar-refractivity contribution is 6.31. The number of benzene rings is 1. The molecule has 0 radical (unpaired) electrons. The summed E-state index contributed by atoms with van der Waals surface area (Å²) in [6.07, 6.45) is 0.854. The quantitative estimate of drug-likeness (QED) is 0.787. The Morgan fingerprint density at radius 2 is 2.31 bits per heavy atom. The van der Waals surface area contributed by atoms with Gasteiger partial charge in [0.1, 0.15) is 6.07 Å². The Labute approximate surface area is 82.9 Å². The van der Waals surface area contributed by atoms with Crippen LogP contribution in [-0.2, 0) is 0 Å². The van der Waals surface area contributed by atoms with E-state index in [1.165, 1.54) is 0 Å². The molecule has 0 fully saturated rings. The molecule has 1 aromatic rings. The lowest BCUT2D eigenvalue weighted by Crippen LogP contribution is -2.08. The summed E-state index contributed by atoms with van der Waals surface area (Å²) < 4.78 is 0. The van der Waals surface area contributed by atoms with Gasteiger partial charge in [0, 0.05) is 6.04 Å². The summed E-state index contributed by atoms with van der Waals surface area (Å²) in [6, 6.07) is 7.34. The number of rotatable bonds is 2. The molecule has 0 bridgehead atoms. The molecule has 0 saturated carbocycles. The van der Waals surface area contributed by atoms with Gasteiger partial charge in [-0.3, -0.25) is 0 Å². The number of hydrogen-bond acceptors (Lipinski definition) is 2. The summed E-state index contributed by atoms with van der Waals surface area (Å²) in [5.41, 5.74) is 7.27. The Kier molecular flexibility index (Phi) is 3.30. The molecule has 1 atom stereocenters. The minimum atomic E-state index is -0.00985. The molecule has 0 spiro atoms. The van der Waals surface area contributed by atoms with Crippen LogP contribution in [0.1, 0.15) is 30.5 Å². The minimum absolute atomic E-state index is 0.00985. The fourth-order valence-electron chi connectivity index (χ4n) is 1.09.